The second kappa shape index (κ2) is 5.07. The van der Waals surface area contributed by atoms with Crippen molar-refractivity contribution in [2.45, 2.75) is 38.6 Å². The van der Waals surface area contributed by atoms with Crippen LogP contribution in [-0.2, 0) is 13.0 Å². The molecule has 0 unspecified atom stereocenters. The van der Waals surface area contributed by atoms with Gasteiger partial charge in [-0.3, -0.25) is 0 Å². The van der Waals surface area contributed by atoms with E-state index in [4.69, 9.17) is 4.42 Å². The first-order chi connectivity index (χ1) is 10.3. The summed E-state index contributed by atoms with van der Waals surface area (Å²) in [7, 11) is 0. The third-order valence-corrected chi connectivity index (χ3v) is 4.31. The molecule has 0 saturated heterocycles. The van der Waals surface area contributed by atoms with E-state index in [1.165, 1.54) is 0 Å². The van der Waals surface area contributed by atoms with Crippen molar-refractivity contribution in [3.63, 3.8) is 0 Å². The highest BCUT2D eigenvalue weighted by Gasteiger charge is 2.29. The fourth-order valence-electron chi connectivity index (χ4n) is 2.19. The maximum atomic E-state index is 5.65. The zero-order chi connectivity index (χ0) is 14.2. The molecule has 1 saturated carbocycles. The highest BCUT2D eigenvalue weighted by Crippen LogP contribution is 2.39. The number of hydrogen-bond acceptors (Lipinski definition) is 7. The Hall–Kier alpha value is -2.02. The Bertz CT molecular complexity index is 777. The maximum Gasteiger partial charge on any atom is 0.235 e. The monoisotopic (exact) mass is 301 g/mol. The van der Waals surface area contributed by atoms with Gasteiger partial charge in [0.15, 0.2) is 0 Å². The van der Waals surface area contributed by atoms with Gasteiger partial charge in [-0.05, 0) is 24.3 Å². The molecule has 21 heavy (non-hydrogen) atoms. The van der Waals surface area contributed by atoms with Crippen molar-refractivity contribution in [3.8, 4) is 0 Å². The summed E-state index contributed by atoms with van der Waals surface area (Å²) < 4.78 is 5.65. The maximum absolute atomic E-state index is 5.65. The number of anilines is 1. The highest BCUT2D eigenvalue weighted by molar-refractivity contribution is 7.16. The summed E-state index contributed by atoms with van der Waals surface area (Å²) in [5, 5.41) is 14.5. The van der Waals surface area contributed by atoms with Crippen LogP contribution in [0.4, 0.5) is 5.82 Å². The Balaban J connectivity index is 1.56. The number of nitrogens with zero attached hydrogens (tertiary/aromatic N) is 4. The molecule has 0 atom stereocenters. The summed E-state index contributed by atoms with van der Waals surface area (Å²) in [4.78, 5) is 10.1. The van der Waals surface area contributed by atoms with Crippen LogP contribution in [0.1, 0.15) is 43.3 Å². The standard InChI is InChI=1S/C14H15N5OS/c1-2-10-16-12(9-5-6-21-14(9)17-10)15-7-11-18-19-13(20-11)8-3-4-8/h5-6,8H,2-4,7H2,1H3,(H,15,16,17). The van der Waals surface area contributed by atoms with E-state index < -0.39 is 0 Å². The van der Waals surface area contributed by atoms with Crippen LogP contribution in [0.3, 0.4) is 0 Å². The van der Waals surface area contributed by atoms with Crippen molar-refractivity contribution in [1.29, 1.82) is 0 Å². The fraction of sp³-hybridized carbons (Fsp3) is 0.429. The van der Waals surface area contributed by atoms with Gasteiger partial charge >= 0.3 is 0 Å². The highest BCUT2D eigenvalue weighted by atomic mass is 32.1. The zero-order valence-electron chi connectivity index (χ0n) is 11.7. The van der Waals surface area contributed by atoms with Crippen LogP contribution in [0.15, 0.2) is 15.9 Å². The lowest BCUT2D eigenvalue weighted by atomic mass is 10.3. The first-order valence-corrected chi connectivity index (χ1v) is 8.01. The van der Waals surface area contributed by atoms with Crippen molar-refractivity contribution >= 4 is 27.4 Å². The van der Waals surface area contributed by atoms with Crippen molar-refractivity contribution < 1.29 is 4.42 Å². The summed E-state index contributed by atoms with van der Waals surface area (Å²) in [6, 6.07) is 2.03. The van der Waals surface area contributed by atoms with Crippen LogP contribution in [0, 0.1) is 0 Å². The van der Waals surface area contributed by atoms with Gasteiger partial charge in [-0.25, -0.2) is 9.97 Å². The van der Waals surface area contributed by atoms with Crippen molar-refractivity contribution in [1.82, 2.24) is 20.2 Å². The van der Waals surface area contributed by atoms with Crippen molar-refractivity contribution in [2.24, 2.45) is 0 Å². The van der Waals surface area contributed by atoms with Gasteiger partial charge in [0.1, 0.15) is 16.5 Å². The van der Waals surface area contributed by atoms with Gasteiger partial charge in [-0.15, -0.1) is 21.5 Å². The molecule has 3 heterocycles. The van der Waals surface area contributed by atoms with Crippen LogP contribution in [0.5, 0.6) is 0 Å². The number of hydrogen-bond donors (Lipinski definition) is 1. The topological polar surface area (TPSA) is 76.7 Å². The summed E-state index contributed by atoms with van der Waals surface area (Å²) in [6.07, 6.45) is 3.14. The lowest BCUT2D eigenvalue weighted by molar-refractivity contribution is 0.457. The minimum Gasteiger partial charge on any atom is -0.423 e. The Kier molecular flexibility index (Phi) is 3.07. The molecule has 0 radical (unpaired) electrons. The molecule has 0 spiro atoms. The van der Waals surface area contributed by atoms with Crippen LogP contribution in [0.25, 0.3) is 10.2 Å². The molecule has 108 valence electrons. The van der Waals surface area contributed by atoms with E-state index in [1.54, 1.807) is 11.3 Å². The van der Waals surface area contributed by atoms with E-state index in [1.807, 2.05) is 11.4 Å². The molecule has 7 heteroatoms. The molecule has 0 aromatic carbocycles. The molecular formula is C14H15N5OS. The minimum absolute atomic E-state index is 0.487. The number of fused-ring (bicyclic) bond motifs is 1. The Morgan fingerprint density at radius 2 is 2.24 bits per heavy atom. The summed E-state index contributed by atoms with van der Waals surface area (Å²) in [5.74, 6) is 3.54. The molecule has 1 fully saturated rings. The average molecular weight is 301 g/mol. The SMILES string of the molecule is CCc1nc(NCc2nnc(C3CC3)o2)c2ccsc2n1. The summed E-state index contributed by atoms with van der Waals surface area (Å²) in [5.41, 5.74) is 0. The molecule has 0 amide bonds. The number of rotatable bonds is 5. The molecule has 1 aliphatic rings. The van der Waals surface area contributed by atoms with E-state index in [0.29, 0.717) is 18.4 Å². The third kappa shape index (κ3) is 2.49. The fourth-order valence-corrected chi connectivity index (χ4v) is 2.97. The quantitative estimate of drug-likeness (QED) is 0.780. The predicted molar refractivity (Wildman–Crippen MR) is 80.4 cm³/mol. The predicted octanol–water partition coefficient (Wildman–Crippen LogP) is 3.13. The molecule has 4 rings (SSSR count). The molecule has 3 aromatic heterocycles. The molecule has 3 aromatic rings. The van der Waals surface area contributed by atoms with Gasteiger partial charge in [0.25, 0.3) is 0 Å². The Morgan fingerprint density at radius 1 is 1.33 bits per heavy atom. The smallest absolute Gasteiger partial charge is 0.235 e. The summed E-state index contributed by atoms with van der Waals surface area (Å²) in [6.45, 7) is 2.54. The minimum atomic E-state index is 0.487. The van der Waals surface area contributed by atoms with Crippen LogP contribution >= 0.6 is 11.3 Å². The zero-order valence-corrected chi connectivity index (χ0v) is 12.5. The lowest BCUT2D eigenvalue weighted by Crippen LogP contribution is -2.04. The van der Waals surface area contributed by atoms with Gasteiger partial charge in [0.2, 0.25) is 11.8 Å². The number of thiophene rings is 1. The molecule has 0 aliphatic heterocycles. The first-order valence-electron chi connectivity index (χ1n) is 7.13. The van der Waals surface area contributed by atoms with Crippen LogP contribution < -0.4 is 5.32 Å². The lowest BCUT2D eigenvalue weighted by Gasteiger charge is -2.06. The van der Waals surface area contributed by atoms with Crippen LogP contribution in [-0.4, -0.2) is 20.2 Å². The van der Waals surface area contributed by atoms with E-state index in [2.05, 4.69) is 32.4 Å². The number of aryl methyl sites for hydroxylation is 1. The van der Waals surface area contributed by atoms with Gasteiger partial charge in [0, 0.05) is 12.3 Å². The first kappa shape index (κ1) is 12.7. The molecule has 6 nitrogen and oxygen atoms in total. The van der Waals surface area contributed by atoms with Crippen LogP contribution in [0.2, 0.25) is 0 Å². The molecular weight excluding hydrogens is 286 g/mol. The third-order valence-electron chi connectivity index (χ3n) is 3.50. The second-order valence-electron chi connectivity index (χ2n) is 5.14. The van der Waals surface area contributed by atoms with Gasteiger partial charge in [0.05, 0.1) is 11.9 Å². The number of nitrogens with one attached hydrogen (secondary N) is 1. The van der Waals surface area contributed by atoms with Crippen molar-refractivity contribution in [3.05, 3.63) is 29.1 Å². The normalized spacial score (nSPS) is 14.7. The van der Waals surface area contributed by atoms with E-state index in [-0.39, 0.29) is 0 Å². The molecule has 0 bridgehead atoms. The molecule has 1 N–H and O–H groups in total. The molecule has 1 aliphatic carbocycles. The summed E-state index contributed by atoms with van der Waals surface area (Å²) >= 11 is 1.63. The Labute approximate surface area is 125 Å². The van der Waals surface area contributed by atoms with E-state index in [0.717, 1.165) is 47.0 Å². The second-order valence-corrected chi connectivity index (χ2v) is 6.04. The largest absolute Gasteiger partial charge is 0.423 e. The van der Waals surface area contributed by atoms with Gasteiger partial charge in [-0.1, -0.05) is 6.92 Å². The number of aromatic nitrogens is 4. The van der Waals surface area contributed by atoms with Gasteiger partial charge < -0.3 is 9.73 Å². The average Bonchev–Trinajstić information content (AvgIpc) is 3.07. The van der Waals surface area contributed by atoms with Gasteiger partial charge in [-0.2, -0.15) is 0 Å². The van der Waals surface area contributed by atoms with Crippen molar-refractivity contribution in [2.75, 3.05) is 5.32 Å². The Morgan fingerprint density at radius 3 is 3.05 bits per heavy atom. The van der Waals surface area contributed by atoms with E-state index in [9.17, 15) is 0 Å². The van der Waals surface area contributed by atoms with E-state index >= 15 is 0 Å².